The second kappa shape index (κ2) is 7.06. The quantitative estimate of drug-likeness (QED) is 0.746. The number of alkyl halides is 3. The summed E-state index contributed by atoms with van der Waals surface area (Å²) < 4.78 is 35.3. The molecule has 92 valence electrons. The first-order valence-corrected chi connectivity index (χ1v) is 4.83. The zero-order valence-corrected chi connectivity index (χ0v) is 8.97. The molecule has 0 aliphatic heterocycles. The number of carbonyl (C=O) groups excluding carboxylic acids is 1. The molecule has 16 heavy (non-hydrogen) atoms. The van der Waals surface area contributed by atoms with Crippen LogP contribution in [0.4, 0.5) is 13.2 Å². The van der Waals surface area contributed by atoms with Gasteiger partial charge in [0.15, 0.2) is 0 Å². The van der Waals surface area contributed by atoms with E-state index in [1.54, 1.807) is 6.92 Å². The molecule has 0 saturated heterocycles. The van der Waals surface area contributed by atoms with Crippen molar-refractivity contribution in [2.24, 2.45) is 0 Å². The van der Waals surface area contributed by atoms with Crippen LogP contribution < -0.4 is 5.32 Å². The van der Waals surface area contributed by atoms with Crippen molar-refractivity contribution in [2.75, 3.05) is 26.2 Å². The van der Waals surface area contributed by atoms with Gasteiger partial charge < -0.3 is 10.2 Å². The fourth-order valence-electron chi connectivity index (χ4n) is 1.07. The zero-order valence-electron chi connectivity index (χ0n) is 8.97. The van der Waals surface area contributed by atoms with Crippen molar-refractivity contribution >= 4 is 5.91 Å². The van der Waals surface area contributed by atoms with Crippen LogP contribution >= 0.6 is 0 Å². The molecular formula is C9H14F3N3O. The van der Waals surface area contributed by atoms with Crippen LogP contribution in [0.3, 0.4) is 0 Å². The highest BCUT2D eigenvalue weighted by Gasteiger charge is 2.26. The van der Waals surface area contributed by atoms with E-state index < -0.39 is 18.6 Å². The van der Waals surface area contributed by atoms with Gasteiger partial charge in [0.2, 0.25) is 5.91 Å². The molecule has 0 aromatic heterocycles. The Morgan fingerprint density at radius 3 is 2.56 bits per heavy atom. The van der Waals surface area contributed by atoms with Crippen LogP contribution in [0, 0.1) is 11.3 Å². The standard InChI is InChI=1S/C9H14F3N3O/c1-2-15(5-3-4-13)8(16)6-14-7-9(10,11)12/h14H,2-3,5-7H2,1H3. The summed E-state index contributed by atoms with van der Waals surface area (Å²) in [4.78, 5) is 12.7. The SMILES string of the molecule is CCN(CCC#N)C(=O)CNCC(F)(F)F. The van der Waals surface area contributed by atoms with E-state index >= 15 is 0 Å². The molecule has 0 saturated carbocycles. The van der Waals surface area contributed by atoms with Crippen molar-refractivity contribution in [1.29, 1.82) is 5.26 Å². The average molecular weight is 237 g/mol. The summed E-state index contributed by atoms with van der Waals surface area (Å²) in [5.41, 5.74) is 0. The Labute approximate surface area is 92.0 Å². The topological polar surface area (TPSA) is 56.1 Å². The van der Waals surface area contributed by atoms with Crippen LogP contribution in [0.25, 0.3) is 0 Å². The van der Waals surface area contributed by atoms with Gasteiger partial charge in [-0.2, -0.15) is 18.4 Å². The molecular weight excluding hydrogens is 223 g/mol. The molecule has 0 heterocycles. The summed E-state index contributed by atoms with van der Waals surface area (Å²) in [6.07, 6.45) is -4.14. The van der Waals surface area contributed by atoms with E-state index in [-0.39, 0.29) is 19.5 Å². The summed E-state index contributed by atoms with van der Waals surface area (Å²) in [6, 6.07) is 1.87. The summed E-state index contributed by atoms with van der Waals surface area (Å²) >= 11 is 0. The monoisotopic (exact) mass is 237 g/mol. The number of likely N-dealkylation sites (N-methyl/N-ethyl adjacent to an activating group) is 1. The molecule has 0 aromatic carbocycles. The Hall–Kier alpha value is -1.29. The average Bonchev–Trinajstić information content (AvgIpc) is 2.17. The van der Waals surface area contributed by atoms with Crippen LogP contribution in [0.1, 0.15) is 13.3 Å². The third kappa shape index (κ3) is 7.06. The van der Waals surface area contributed by atoms with E-state index in [0.29, 0.717) is 6.54 Å². The maximum Gasteiger partial charge on any atom is 0.401 e. The first-order valence-electron chi connectivity index (χ1n) is 4.83. The van der Waals surface area contributed by atoms with E-state index in [2.05, 4.69) is 0 Å². The number of nitrogens with one attached hydrogen (secondary N) is 1. The van der Waals surface area contributed by atoms with Crippen molar-refractivity contribution in [3.63, 3.8) is 0 Å². The maximum atomic E-state index is 11.8. The lowest BCUT2D eigenvalue weighted by Crippen LogP contribution is -2.41. The van der Waals surface area contributed by atoms with Gasteiger partial charge in [-0.25, -0.2) is 0 Å². The molecule has 0 rings (SSSR count). The minimum Gasteiger partial charge on any atom is -0.341 e. The third-order valence-corrected chi connectivity index (χ3v) is 1.83. The second-order valence-electron chi connectivity index (χ2n) is 3.10. The number of hydrogen-bond acceptors (Lipinski definition) is 3. The van der Waals surface area contributed by atoms with Crippen molar-refractivity contribution in [1.82, 2.24) is 10.2 Å². The molecule has 0 aliphatic carbocycles. The van der Waals surface area contributed by atoms with Gasteiger partial charge in [0.1, 0.15) is 0 Å². The summed E-state index contributed by atoms with van der Waals surface area (Å²) in [7, 11) is 0. The predicted molar refractivity (Wildman–Crippen MR) is 51.4 cm³/mol. The van der Waals surface area contributed by atoms with Gasteiger partial charge in [0.25, 0.3) is 0 Å². The minimum atomic E-state index is -4.32. The van der Waals surface area contributed by atoms with Crippen LogP contribution in [0.2, 0.25) is 0 Å². The Kier molecular flexibility index (Phi) is 6.49. The van der Waals surface area contributed by atoms with Crippen molar-refractivity contribution < 1.29 is 18.0 Å². The second-order valence-corrected chi connectivity index (χ2v) is 3.10. The van der Waals surface area contributed by atoms with Gasteiger partial charge in [-0.1, -0.05) is 0 Å². The normalized spacial score (nSPS) is 10.9. The first kappa shape index (κ1) is 14.7. The minimum absolute atomic E-state index is 0.179. The van der Waals surface area contributed by atoms with Gasteiger partial charge in [-0.15, -0.1) is 0 Å². The molecule has 1 N–H and O–H groups in total. The van der Waals surface area contributed by atoms with Gasteiger partial charge in [0.05, 0.1) is 25.6 Å². The number of nitriles is 1. The van der Waals surface area contributed by atoms with E-state index in [4.69, 9.17) is 5.26 Å². The number of hydrogen-bond donors (Lipinski definition) is 1. The van der Waals surface area contributed by atoms with E-state index in [0.717, 1.165) is 0 Å². The van der Waals surface area contributed by atoms with Gasteiger partial charge >= 0.3 is 6.18 Å². The molecule has 0 atom stereocenters. The molecule has 0 spiro atoms. The summed E-state index contributed by atoms with van der Waals surface area (Å²) in [5.74, 6) is -0.429. The molecule has 0 fully saturated rings. The van der Waals surface area contributed by atoms with Gasteiger partial charge in [-0.05, 0) is 6.92 Å². The Bertz CT molecular complexity index is 260. The molecule has 0 aliphatic rings. The number of rotatable bonds is 6. The van der Waals surface area contributed by atoms with Crippen molar-refractivity contribution in [2.45, 2.75) is 19.5 Å². The molecule has 0 radical (unpaired) electrons. The lowest BCUT2D eigenvalue weighted by molar-refractivity contribution is -0.134. The third-order valence-electron chi connectivity index (χ3n) is 1.83. The highest BCUT2D eigenvalue weighted by molar-refractivity contribution is 5.78. The molecule has 7 heteroatoms. The van der Waals surface area contributed by atoms with Gasteiger partial charge in [0, 0.05) is 13.1 Å². The van der Waals surface area contributed by atoms with E-state index in [9.17, 15) is 18.0 Å². The van der Waals surface area contributed by atoms with Crippen LogP contribution in [-0.4, -0.2) is 43.2 Å². The smallest absolute Gasteiger partial charge is 0.341 e. The van der Waals surface area contributed by atoms with Crippen LogP contribution in [-0.2, 0) is 4.79 Å². The zero-order chi connectivity index (χ0) is 12.6. The van der Waals surface area contributed by atoms with E-state index in [1.807, 2.05) is 11.4 Å². The Morgan fingerprint density at radius 2 is 2.12 bits per heavy atom. The number of halogens is 3. The number of nitrogens with zero attached hydrogens (tertiary/aromatic N) is 2. The molecule has 1 amide bonds. The first-order chi connectivity index (χ1) is 7.40. The molecule has 0 unspecified atom stereocenters. The molecule has 4 nitrogen and oxygen atoms in total. The van der Waals surface area contributed by atoms with E-state index in [1.165, 1.54) is 4.90 Å². The summed E-state index contributed by atoms with van der Waals surface area (Å²) in [5, 5.41) is 10.3. The Morgan fingerprint density at radius 1 is 1.50 bits per heavy atom. The fourth-order valence-corrected chi connectivity index (χ4v) is 1.07. The number of carbonyl (C=O) groups is 1. The molecule has 0 bridgehead atoms. The van der Waals surface area contributed by atoms with Crippen LogP contribution in [0.5, 0.6) is 0 Å². The number of amides is 1. The molecule has 0 aromatic rings. The summed E-state index contributed by atoms with van der Waals surface area (Å²) in [6.45, 7) is 0.792. The predicted octanol–water partition coefficient (Wildman–Crippen LogP) is 0.900. The highest BCUT2D eigenvalue weighted by atomic mass is 19.4. The van der Waals surface area contributed by atoms with Crippen molar-refractivity contribution in [3.05, 3.63) is 0 Å². The Balaban J connectivity index is 3.89. The highest BCUT2D eigenvalue weighted by Crippen LogP contribution is 2.11. The lowest BCUT2D eigenvalue weighted by atomic mass is 10.3. The maximum absolute atomic E-state index is 11.8. The largest absolute Gasteiger partial charge is 0.401 e. The van der Waals surface area contributed by atoms with Crippen LogP contribution in [0.15, 0.2) is 0 Å². The van der Waals surface area contributed by atoms with Crippen molar-refractivity contribution in [3.8, 4) is 6.07 Å². The fraction of sp³-hybridized carbons (Fsp3) is 0.778. The lowest BCUT2D eigenvalue weighted by Gasteiger charge is -2.19. The van der Waals surface area contributed by atoms with Gasteiger partial charge in [-0.3, -0.25) is 4.79 Å².